The Balaban J connectivity index is 1.42. The molecule has 0 bridgehead atoms. The zero-order valence-corrected chi connectivity index (χ0v) is 19.4. The van der Waals surface area contributed by atoms with Crippen LogP contribution in [0.4, 0.5) is 11.8 Å². The number of primary amides is 1. The first-order valence-corrected chi connectivity index (χ1v) is 12.5. The fraction of sp³-hybridized carbons (Fsp3) is 0.167. The number of sulfonamides is 1. The highest BCUT2D eigenvalue weighted by molar-refractivity contribution is 7.89. The zero-order valence-electron chi connectivity index (χ0n) is 18.6. The molecule has 1 aliphatic rings. The number of hydrogen-bond donors (Lipinski definition) is 4. The van der Waals surface area contributed by atoms with Gasteiger partial charge in [-0.05, 0) is 54.8 Å². The van der Waals surface area contributed by atoms with Gasteiger partial charge < -0.3 is 16.4 Å². The number of nitrogens with two attached hydrogens (primary N) is 2. The van der Waals surface area contributed by atoms with Crippen molar-refractivity contribution in [3.63, 3.8) is 0 Å². The fourth-order valence-electron chi connectivity index (χ4n) is 3.56. The smallest absolute Gasteiger partial charge is 0.248 e. The predicted octanol–water partition coefficient (Wildman–Crippen LogP) is 2.62. The van der Waals surface area contributed by atoms with Gasteiger partial charge in [0.2, 0.25) is 21.9 Å². The van der Waals surface area contributed by atoms with E-state index in [2.05, 4.69) is 20.6 Å². The number of carbonyl (C=O) groups excluding carboxylic acids is 1. The van der Waals surface area contributed by atoms with Crippen molar-refractivity contribution in [3.05, 3.63) is 71.8 Å². The van der Waals surface area contributed by atoms with Crippen LogP contribution in [0.3, 0.4) is 0 Å². The zero-order chi connectivity index (χ0) is 24.6. The van der Waals surface area contributed by atoms with Crippen molar-refractivity contribution >= 4 is 38.7 Å². The van der Waals surface area contributed by atoms with E-state index in [1.165, 1.54) is 12.1 Å². The van der Waals surface area contributed by atoms with Crippen LogP contribution in [0.1, 0.15) is 28.8 Å². The van der Waals surface area contributed by atoms with Gasteiger partial charge in [0.25, 0.3) is 0 Å². The summed E-state index contributed by atoms with van der Waals surface area (Å²) in [6, 6.07) is 17.4. The number of hydrogen-bond acceptors (Lipinski definition) is 8. The molecule has 1 saturated carbocycles. The molecular weight excluding hydrogens is 466 g/mol. The van der Waals surface area contributed by atoms with Crippen LogP contribution in [0, 0.1) is 0 Å². The van der Waals surface area contributed by atoms with Gasteiger partial charge in [-0.15, -0.1) is 0 Å². The summed E-state index contributed by atoms with van der Waals surface area (Å²) in [6.45, 7) is 0.400. The van der Waals surface area contributed by atoms with E-state index in [0.717, 1.165) is 29.7 Å². The van der Waals surface area contributed by atoms with E-state index in [1.807, 2.05) is 12.1 Å². The van der Waals surface area contributed by atoms with E-state index in [-0.39, 0.29) is 4.90 Å². The van der Waals surface area contributed by atoms with Crippen molar-refractivity contribution in [2.75, 3.05) is 10.6 Å². The maximum atomic E-state index is 11.4. The number of aromatic nitrogens is 3. The van der Waals surface area contributed by atoms with Gasteiger partial charge in [-0.3, -0.25) is 4.79 Å². The Morgan fingerprint density at radius 3 is 2.29 bits per heavy atom. The number of anilines is 2. The number of benzene rings is 2. The van der Waals surface area contributed by atoms with E-state index in [0.29, 0.717) is 40.9 Å². The molecule has 1 aliphatic carbocycles. The van der Waals surface area contributed by atoms with Crippen LogP contribution in [0.25, 0.3) is 22.3 Å². The molecule has 0 atom stereocenters. The van der Waals surface area contributed by atoms with Crippen LogP contribution < -0.4 is 21.5 Å². The van der Waals surface area contributed by atoms with Gasteiger partial charge in [0.1, 0.15) is 5.52 Å². The minimum absolute atomic E-state index is 0.0604. The largest absolute Gasteiger partial charge is 0.366 e. The van der Waals surface area contributed by atoms with Crippen molar-refractivity contribution in [3.8, 4) is 11.3 Å². The Labute approximate surface area is 201 Å². The molecule has 0 spiro atoms. The molecule has 1 fully saturated rings. The van der Waals surface area contributed by atoms with Gasteiger partial charge in [0.05, 0.1) is 16.1 Å². The molecule has 0 saturated heterocycles. The SMILES string of the molecule is NC(=O)c1ccc(-c2ccc3nc(NCc4ccc(S(N)(=O)=O)cc4)nc(NC4CC4)c3n2)cc1. The number of nitrogens with one attached hydrogen (secondary N) is 2. The highest BCUT2D eigenvalue weighted by Gasteiger charge is 2.23. The van der Waals surface area contributed by atoms with Crippen molar-refractivity contribution in [1.29, 1.82) is 0 Å². The van der Waals surface area contributed by atoms with Gasteiger partial charge >= 0.3 is 0 Å². The highest BCUT2D eigenvalue weighted by Crippen LogP contribution is 2.30. The third-order valence-corrected chi connectivity index (χ3v) is 6.56. The summed E-state index contributed by atoms with van der Waals surface area (Å²) < 4.78 is 22.9. The summed E-state index contributed by atoms with van der Waals surface area (Å²) in [5, 5.41) is 11.8. The van der Waals surface area contributed by atoms with Crippen molar-refractivity contribution in [2.45, 2.75) is 30.3 Å². The summed E-state index contributed by atoms with van der Waals surface area (Å²) in [5.41, 5.74) is 9.52. The summed E-state index contributed by atoms with van der Waals surface area (Å²) in [6.07, 6.45) is 2.14. The molecule has 0 aliphatic heterocycles. The Morgan fingerprint density at radius 1 is 0.943 bits per heavy atom. The monoisotopic (exact) mass is 489 g/mol. The Bertz CT molecular complexity index is 1520. The van der Waals surface area contributed by atoms with Gasteiger partial charge in [-0.1, -0.05) is 24.3 Å². The Kier molecular flexibility index (Phi) is 5.79. The predicted molar refractivity (Wildman–Crippen MR) is 133 cm³/mol. The van der Waals surface area contributed by atoms with Crippen LogP contribution in [0.15, 0.2) is 65.6 Å². The summed E-state index contributed by atoms with van der Waals surface area (Å²) in [7, 11) is -3.73. The molecule has 6 N–H and O–H groups in total. The Morgan fingerprint density at radius 2 is 1.66 bits per heavy atom. The molecule has 5 rings (SSSR count). The van der Waals surface area contributed by atoms with Crippen LogP contribution in [0.2, 0.25) is 0 Å². The van der Waals surface area contributed by atoms with Crippen LogP contribution >= 0.6 is 0 Å². The first-order valence-electron chi connectivity index (χ1n) is 11.0. The highest BCUT2D eigenvalue weighted by atomic mass is 32.2. The van der Waals surface area contributed by atoms with E-state index in [4.69, 9.17) is 15.9 Å². The van der Waals surface area contributed by atoms with Gasteiger partial charge in [-0.25, -0.2) is 23.5 Å². The molecule has 0 unspecified atom stereocenters. The number of amides is 1. The van der Waals surface area contributed by atoms with Crippen molar-refractivity contribution < 1.29 is 13.2 Å². The van der Waals surface area contributed by atoms with Gasteiger partial charge in [0.15, 0.2) is 5.82 Å². The van der Waals surface area contributed by atoms with Gasteiger partial charge in [0, 0.05) is 23.7 Å². The molecule has 2 heterocycles. The van der Waals surface area contributed by atoms with Crippen LogP contribution in [-0.4, -0.2) is 35.3 Å². The van der Waals surface area contributed by atoms with Gasteiger partial charge in [-0.2, -0.15) is 4.98 Å². The van der Waals surface area contributed by atoms with E-state index < -0.39 is 15.9 Å². The van der Waals surface area contributed by atoms with E-state index >= 15 is 0 Å². The van der Waals surface area contributed by atoms with E-state index in [1.54, 1.807) is 36.4 Å². The number of pyridine rings is 1. The lowest BCUT2D eigenvalue weighted by molar-refractivity contribution is 0.100. The summed E-state index contributed by atoms with van der Waals surface area (Å²) >= 11 is 0. The first kappa shape index (κ1) is 22.7. The fourth-order valence-corrected chi connectivity index (χ4v) is 4.07. The Hall–Kier alpha value is -4.09. The van der Waals surface area contributed by atoms with Crippen molar-refractivity contribution in [2.24, 2.45) is 10.9 Å². The number of carbonyl (C=O) groups is 1. The molecule has 178 valence electrons. The lowest BCUT2D eigenvalue weighted by atomic mass is 10.1. The number of primary sulfonamides is 1. The molecule has 1 amide bonds. The number of nitrogens with zero attached hydrogens (tertiary/aromatic N) is 3. The first-order chi connectivity index (χ1) is 16.8. The minimum atomic E-state index is -3.73. The average Bonchev–Trinajstić information content (AvgIpc) is 3.66. The summed E-state index contributed by atoms with van der Waals surface area (Å²) in [4.78, 5) is 25.5. The third kappa shape index (κ3) is 5.20. The number of rotatable bonds is 8. The van der Waals surface area contributed by atoms with Crippen LogP contribution in [-0.2, 0) is 16.6 Å². The molecule has 11 heteroatoms. The maximum Gasteiger partial charge on any atom is 0.248 e. The minimum Gasteiger partial charge on any atom is -0.366 e. The quantitative estimate of drug-likeness (QED) is 0.293. The second-order valence-electron chi connectivity index (χ2n) is 8.36. The van der Waals surface area contributed by atoms with Crippen LogP contribution in [0.5, 0.6) is 0 Å². The second-order valence-corrected chi connectivity index (χ2v) is 9.92. The molecule has 10 nitrogen and oxygen atoms in total. The molecule has 0 radical (unpaired) electrons. The third-order valence-electron chi connectivity index (χ3n) is 5.63. The molecule has 4 aromatic rings. The normalized spacial score (nSPS) is 13.5. The van der Waals surface area contributed by atoms with Crippen molar-refractivity contribution in [1.82, 2.24) is 15.0 Å². The average molecular weight is 490 g/mol. The second kappa shape index (κ2) is 8.93. The molecule has 35 heavy (non-hydrogen) atoms. The van der Waals surface area contributed by atoms with E-state index in [9.17, 15) is 13.2 Å². The maximum absolute atomic E-state index is 11.4. The summed E-state index contributed by atoms with van der Waals surface area (Å²) in [5.74, 6) is 0.587. The standard InChI is InChI=1S/C24H23N7O3S/c25-22(32)16-5-3-15(4-6-16)19-11-12-20-21(29-19)23(28-17-7-8-17)31-24(30-20)27-13-14-1-9-18(10-2-14)35(26,33)34/h1-6,9-12,17H,7-8,13H2,(H2,25,32)(H2,26,33,34)(H2,27,28,30,31). The molecular formula is C24H23N7O3S. The topological polar surface area (TPSA) is 166 Å². The molecule has 2 aromatic carbocycles. The lowest BCUT2D eigenvalue weighted by Gasteiger charge is -2.12. The number of fused-ring (bicyclic) bond motifs is 1. The molecule has 2 aromatic heterocycles. The lowest BCUT2D eigenvalue weighted by Crippen LogP contribution is -2.12.